The van der Waals surface area contributed by atoms with Gasteiger partial charge in [-0.15, -0.1) is 0 Å². The summed E-state index contributed by atoms with van der Waals surface area (Å²) >= 11 is 11.8. The van der Waals surface area contributed by atoms with Crippen molar-refractivity contribution in [1.82, 2.24) is 9.78 Å². The Hall–Kier alpha value is -1.32. The average molecular weight is 283 g/mol. The van der Waals surface area contributed by atoms with Gasteiger partial charge in [0, 0.05) is 13.5 Å². The number of rotatable bonds is 3. The van der Waals surface area contributed by atoms with E-state index in [4.69, 9.17) is 23.2 Å². The molecule has 0 aliphatic heterocycles. The third-order valence-electron chi connectivity index (χ3n) is 2.73. The lowest BCUT2D eigenvalue weighted by atomic mass is 10.1. The summed E-state index contributed by atoms with van der Waals surface area (Å²) in [5.74, 6) is 0.0193. The lowest BCUT2D eigenvalue weighted by Gasteiger charge is -2.04. The molecule has 0 saturated carbocycles. The van der Waals surface area contributed by atoms with Crippen molar-refractivity contribution in [3.05, 3.63) is 51.3 Å². The van der Waals surface area contributed by atoms with Crippen molar-refractivity contribution in [1.29, 1.82) is 0 Å². The van der Waals surface area contributed by atoms with Crippen molar-refractivity contribution in [3.8, 4) is 0 Å². The minimum absolute atomic E-state index is 0.0193. The van der Waals surface area contributed by atoms with Crippen LogP contribution < -0.4 is 0 Å². The van der Waals surface area contributed by atoms with E-state index < -0.39 is 0 Å². The second-order valence-corrected chi connectivity index (χ2v) is 4.96. The van der Waals surface area contributed by atoms with Crippen molar-refractivity contribution in [2.45, 2.75) is 13.3 Å². The Bertz CT molecular complexity index is 586. The molecule has 2 rings (SSSR count). The quantitative estimate of drug-likeness (QED) is 0.808. The normalized spacial score (nSPS) is 10.7. The van der Waals surface area contributed by atoms with Crippen LogP contribution in [-0.4, -0.2) is 15.6 Å². The highest BCUT2D eigenvalue weighted by molar-refractivity contribution is 6.42. The molecule has 0 bridgehead atoms. The van der Waals surface area contributed by atoms with Gasteiger partial charge in [-0.25, -0.2) is 0 Å². The standard InChI is InChI=1S/C13H12Cl2N2O/c1-8-7-16-17(2)13(8)12(18)6-9-3-4-10(14)11(15)5-9/h3-5,7H,6H2,1-2H3. The lowest BCUT2D eigenvalue weighted by molar-refractivity contribution is 0.0983. The van der Waals surface area contributed by atoms with Crippen molar-refractivity contribution in [3.63, 3.8) is 0 Å². The summed E-state index contributed by atoms with van der Waals surface area (Å²) in [5.41, 5.74) is 2.35. The molecule has 0 aliphatic rings. The maximum absolute atomic E-state index is 12.2. The first-order chi connectivity index (χ1) is 8.49. The second kappa shape index (κ2) is 5.12. The van der Waals surface area contributed by atoms with Gasteiger partial charge in [-0.2, -0.15) is 5.10 Å². The first-order valence-electron chi connectivity index (χ1n) is 5.44. The van der Waals surface area contributed by atoms with Crippen molar-refractivity contribution >= 4 is 29.0 Å². The van der Waals surface area contributed by atoms with Crippen LogP contribution in [0.15, 0.2) is 24.4 Å². The molecule has 1 aromatic heterocycles. The van der Waals surface area contributed by atoms with E-state index in [0.717, 1.165) is 11.1 Å². The van der Waals surface area contributed by atoms with Crippen molar-refractivity contribution < 1.29 is 4.79 Å². The molecule has 0 amide bonds. The van der Waals surface area contributed by atoms with Crippen LogP contribution in [0.2, 0.25) is 10.0 Å². The molecule has 1 heterocycles. The molecule has 2 aromatic rings. The number of carbonyl (C=O) groups is 1. The van der Waals surface area contributed by atoms with Gasteiger partial charge >= 0.3 is 0 Å². The smallest absolute Gasteiger partial charge is 0.185 e. The maximum atomic E-state index is 12.2. The Labute approximate surface area is 115 Å². The number of aromatic nitrogens is 2. The molecule has 94 valence electrons. The minimum Gasteiger partial charge on any atom is -0.292 e. The van der Waals surface area contributed by atoms with Gasteiger partial charge in [-0.3, -0.25) is 9.48 Å². The Balaban J connectivity index is 2.24. The monoisotopic (exact) mass is 282 g/mol. The fourth-order valence-electron chi connectivity index (χ4n) is 1.87. The van der Waals surface area contributed by atoms with Gasteiger partial charge in [0.05, 0.1) is 16.2 Å². The summed E-state index contributed by atoms with van der Waals surface area (Å²) in [5, 5.41) is 5.01. The molecule has 0 radical (unpaired) electrons. The summed E-state index contributed by atoms with van der Waals surface area (Å²) in [7, 11) is 1.76. The molecule has 0 N–H and O–H groups in total. The van der Waals surface area contributed by atoms with E-state index in [1.54, 1.807) is 36.1 Å². The Morgan fingerprint density at radius 3 is 2.61 bits per heavy atom. The molecular formula is C13H12Cl2N2O. The fraction of sp³-hybridized carbons (Fsp3) is 0.231. The molecule has 0 saturated heterocycles. The summed E-state index contributed by atoms with van der Waals surface area (Å²) in [4.78, 5) is 12.2. The summed E-state index contributed by atoms with van der Waals surface area (Å²) in [6.07, 6.45) is 1.97. The van der Waals surface area contributed by atoms with E-state index in [1.807, 2.05) is 6.92 Å². The van der Waals surface area contributed by atoms with E-state index >= 15 is 0 Å². The number of benzene rings is 1. The van der Waals surface area contributed by atoms with Crippen LogP contribution in [0.25, 0.3) is 0 Å². The SMILES string of the molecule is Cc1cnn(C)c1C(=O)Cc1ccc(Cl)c(Cl)c1. The number of Topliss-reactive ketones (excluding diaryl/α,β-unsaturated/α-hetero) is 1. The van der Waals surface area contributed by atoms with Crippen molar-refractivity contribution in [2.75, 3.05) is 0 Å². The molecule has 0 spiro atoms. The molecule has 0 aliphatic carbocycles. The number of hydrogen-bond acceptors (Lipinski definition) is 2. The predicted octanol–water partition coefficient (Wildman–Crippen LogP) is 3.46. The van der Waals surface area contributed by atoms with E-state index in [-0.39, 0.29) is 12.2 Å². The number of aryl methyl sites for hydroxylation is 2. The zero-order valence-electron chi connectivity index (χ0n) is 10.1. The highest BCUT2D eigenvalue weighted by Gasteiger charge is 2.15. The van der Waals surface area contributed by atoms with Gasteiger partial charge in [-0.05, 0) is 30.2 Å². The second-order valence-electron chi connectivity index (χ2n) is 4.15. The van der Waals surface area contributed by atoms with Gasteiger partial charge in [0.1, 0.15) is 5.69 Å². The van der Waals surface area contributed by atoms with Gasteiger partial charge in [-0.1, -0.05) is 29.3 Å². The topological polar surface area (TPSA) is 34.9 Å². The highest BCUT2D eigenvalue weighted by Crippen LogP contribution is 2.23. The van der Waals surface area contributed by atoms with Crippen LogP contribution in [0.1, 0.15) is 21.6 Å². The molecule has 1 aromatic carbocycles. The van der Waals surface area contributed by atoms with Crippen LogP contribution in [0.4, 0.5) is 0 Å². The molecule has 0 atom stereocenters. The zero-order valence-corrected chi connectivity index (χ0v) is 11.6. The van der Waals surface area contributed by atoms with Gasteiger partial charge < -0.3 is 0 Å². The summed E-state index contributed by atoms with van der Waals surface area (Å²) in [6, 6.07) is 5.22. The fourth-order valence-corrected chi connectivity index (χ4v) is 2.19. The summed E-state index contributed by atoms with van der Waals surface area (Å²) in [6.45, 7) is 1.87. The van der Waals surface area contributed by atoms with E-state index in [2.05, 4.69) is 5.10 Å². The number of hydrogen-bond donors (Lipinski definition) is 0. The Morgan fingerprint density at radius 1 is 1.33 bits per heavy atom. The van der Waals surface area contributed by atoms with Crippen LogP contribution in [0.5, 0.6) is 0 Å². The number of ketones is 1. The number of carbonyl (C=O) groups excluding carboxylic acids is 1. The molecule has 0 unspecified atom stereocenters. The first kappa shape index (κ1) is 13.1. The molecule has 0 fully saturated rings. The van der Waals surface area contributed by atoms with E-state index in [0.29, 0.717) is 15.7 Å². The predicted molar refractivity (Wildman–Crippen MR) is 72.4 cm³/mol. The number of halogens is 2. The molecular weight excluding hydrogens is 271 g/mol. The number of nitrogens with zero attached hydrogens (tertiary/aromatic N) is 2. The van der Waals surface area contributed by atoms with Crippen molar-refractivity contribution in [2.24, 2.45) is 7.05 Å². The third kappa shape index (κ3) is 2.57. The zero-order chi connectivity index (χ0) is 13.3. The van der Waals surface area contributed by atoms with Crippen LogP contribution >= 0.6 is 23.2 Å². The highest BCUT2D eigenvalue weighted by atomic mass is 35.5. The molecule has 5 heteroatoms. The summed E-state index contributed by atoms with van der Waals surface area (Å²) < 4.78 is 1.59. The largest absolute Gasteiger partial charge is 0.292 e. The first-order valence-corrected chi connectivity index (χ1v) is 6.20. The van der Waals surface area contributed by atoms with Gasteiger partial charge in [0.25, 0.3) is 0 Å². The van der Waals surface area contributed by atoms with Gasteiger partial charge in [0.15, 0.2) is 5.78 Å². The average Bonchev–Trinajstić information content (AvgIpc) is 2.64. The molecule has 18 heavy (non-hydrogen) atoms. The Kier molecular flexibility index (Phi) is 3.73. The van der Waals surface area contributed by atoms with Crippen LogP contribution in [-0.2, 0) is 13.5 Å². The maximum Gasteiger partial charge on any atom is 0.185 e. The Morgan fingerprint density at radius 2 is 2.06 bits per heavy atom. The molecule has 3 nitrogen and oxygen atoms in total. The lowest BCUT2D eigenvalue weighted by Crippen LogP contribution is -2.11. The minimum atomic E-state index is 0.0193. The van der Waals surface area contributed by atoms with Gasteiger partial charge in [0.2, 0.25) is 0 Å². The van der Waals surface area contributed by atoms with Crippen LogP contribution in [0, 0.1) is 6.92 Å². The van der Waals surface area contributed by atoms with E-state index in [1.165, 1.54) is 0 Å². The van der Waals surface area contributed by atoms with Crippen LogP contribution in [0.3, 0.4) is 0 Å². The third-order valence-corrected chi connectivity index (χ3v) is 3.47. The van der Waals surface area contributed by atoms with E-state index in [9.17, 15) is 4.79 Å².